The summed E-state index contributed by atoms with van der Waals surface area (Å²) in [5.74, 6) is 0. The normalized spacial score (nSPS) is 12.6. The van der Waals surface area contributed by atoms with E-state index in [2.05, 4.69) is 33.0 Å². The van der Waals surface area contributed by atoms with Crippen LogP contribution in [0.5, 0.6) is 0 Å². The van der Waals surface area contributed by atoms with Crippen LogP contribution >= 0.6 is 7.37 Å². The first kappa shape index (κ1) is 17.9. The number of hydrogen-bond acceptors (Lipinski definition) is 3. The molecule has 2 aromatic rings. The van der Waals surface area contributed by atoms with E-state index < -0.39 is 7.37 Å². The second-order valence-corrected chi connectivity index (χ2v) is 9.07. The molecule has 2 aromatic carbocycles. The molecule has 0 unspecified atom stereocenters. The zero-order chi connectivity index (χ0) is 16.9. The van der Waals surface area contributed by atoms with E-state index in [9.17, 15) is 4.57 Å². The Morgan fingerprint density at radius 1 is 0.957 bits per heavy atom. The Morgan fingerprint density at radius 3 is 1.78 bits per heavy atom. The van der Waals surface area contributed by atoms with Crippen LogP contribution in [0.3, 0.4) is 0 Å². The molecule has 0 radical (unpaired) electrons. The molecule has 0 aliphatic carbocycles. The maximum atomic E-state index is 13.7. The van der Waals surface area contributed by atoms with Crippen LogP contribution < -0.4 is 15.9 Å². The topological polar surface area (TPSA) is 38.3 Å². The summed E-state index contributed by atoms with van der Waals surface area (Å²) in [6.07, 6.45) is 0. The zero-order valence-electron chi connectivity index (χ0n) is 14.3. The third kappa shape index (κ3) is 4.78. The predicted molar refractivity (Wildman–Crippen MR) is 98.1 cm³/mol. The van der Waals surface area contributed by atoms with E-state index in [1.165, 1.54) is 0 Å². The first-order valence-electron chi connectivity index (χ1n) is 7.97. The van der Waals surface area contributed by atoms with E-state index in [4.69, 9.17) is 4.52 Å². The highest BCUT2D eigenvalue weighted by molar-refractivity contribution is 7.74. The van der Waals surface area contributed by atoms with Gasteiger partial charge in [0, 0.05) is 22.2 Å². The van der Waals surface area contributed by atoms with Crippen LogP contribution in [0.2, 0.25) is 0 Å². The highest BCUT2D eigenvalue weighted by Crippen LogP contribution is 2.45. The fraction of sp³-hybridized carbons (Fsp3) is 0.368. The largest absolute Gasteiger partial charge is 0.320 e. The number of nitrogens with one attached hydrogen (secondary N) is 1. The third-order valence-corrected chi connectivity index (χ3v) is 5.93. The first-order chi connectivity index (χ1) is 10.8. The van der Waals surface area contributed by atoms with Crippen molar-refractivity contribution in [2.45, 2.75) is 39.3 Å². The second kappa shape index (κ2) is 7.44. The summed E-state index contributed by atoms with van der Waals surface area (Å²) in [5, 5.41) is 4.91. The SMILES string of the molecule is CC(C)NC(C)(C)COP(=O)(c1ccccc1)c1ccccc1. The van der Waals surface area contributed by atoms with Crippen LogP contribution in [0, 0.1) is 0 Å². The molecule has 124 valence electrons. The van der Waals surface area contributed by atoms with Gasteiger partial charge >= 0.3 is 0 Å². The van der Waals surface area contributed by atoms with E-state index in [1.807, 2.05) is 60.7 Å². The van der Waals surface area contributed by atoms with Gasteiger partial charge in [-0.25, -0.2) is 0 Å². The lowest BCUT2D eigenvalue weighted by Gasteiger charge is -2.31. The van der Waals surface area contributed by atoms with Crippen molar-refractivity contribution in [1.82, 2.24) is 5.32 Å². The van der Waals surface area contributed by atoms with Crippen molar-refractivity contribution >= 4 is 18.0 Å². The Balaban J connectivity index is 2.31. The smallest absolute Gasteiger partial charge is 0.261 e. The summed E-state index contributed by atoms with van der Waals surface area (Å²) >= 11 is 0. The molecule has 0 aromatic heterocycles. The summed E-state index contributed by atoms with van der Waals surface area (Å²) in [6.45, 7) is 8.68. The lowest BCUT2D eigenvalue weighted by atomic mass is 10.1. The molecule has 0 saturated heterocycles. The summed E-state index contributed by atoms with van der Waals surface area (Å²) in [5.41, 5.74) is -0.257. The molecule has 2 rings (SSSR count). The van der Waals surface area contributed by atoms with Gasteiger partial charge in [-0.1, -0.05) is 50.2 Å². The van der Waals surface area contributed by atoms with Gasteiger partial charge in [0.25, 0.3) is 7.37 Å². The van der Waals surface area contributed by atoms with E-state index in [1.54, 1.807) is 0 Å². The molecule has 3 nitrogen and oxygen atoms in total. The van der Waals surface area contributed by atoms with Crippen LogP contribution in [0.1, 0.15) is 27.7 Å². The average molecular weight is 331 g/mol. The molecule has 0 heterocycles. The highest BCUT2D eigenvalue weighted by atomic mass is 31.2. The number of hydrogen-bond donors (Lipinski definition) is 1. The van der Waals surface area contributed by atoms with Crippen LogP contribution in [0.25, 0.3) is 0 Å². The summed E-state index contributed by atoms with van der Waals surface area (Å²) < 4.78 is 19.8. The summed E-state index contributed by atoms with van der Waals surface area (Å²) in [4.78, 5) is 0. The molecule has 23 heavy (non-hydrogen) atoms. The molecular weight excluding hydrogens is 305 g/mol. The Hall–Kier alpha value is -1.41. The predicted octanol–water partition coefficient (Wildman–Crippen LogP) is 3.71. The van der Waals surface area contributed by atoms with Crippen molar-refractivity contribution < 1.29 is 9.09 Å². The molecule has 0 spiro atoms. The number of rotatable bonds is 7. The quantitative estimate of drug-likeness (QED) is 0.786. The average Bonchev–Trinajstić information content (AvgIpc) is 2.53. The van der Waals surface area contributed by atoms with Gasteiger partial charge < -0.3 is 9.84 Å². The maximum absolute atomic E-state index is 13.7. The van der Waals surface area contributed by atoms with Crippen molar-refractivity contribution in [1.29, 1.82) is 0 Å². The van der Waals surface area contributed by atoms with Crippen LogP contribution in [-0.2, 0) is 9.09 Å². The van der Waals surface area contributed by atoms with Crippen molar-refractivity contribution in [2.75, 3.05) is 6.61 Å². The van der Waals surface area contributed by atoms with Gasteiger partial charge in [-0.15, -0.1) is 0 Å². The van der Waals surface area contributed by atoms with Gasteiger partial charge in [-0.3, -0.25) is 4.57 Å². The van der Waals surface area contributed by atoms with Gasteiger partial charge in [-0.05, 0) is 38.1 Å². The van der Waals surface area contributed by atoms with Gasteiger partial charge in [0.2, 0.25) is 0 Å². The molecule has 0 aliphatic heterocycles. The second-order valence-electron chi connectivity index (χ2n) is 6.68. The Bertz CT molecular complexity index is 610. The minimum absolute atomic E-state index is 0.257. The molecule has 0 aliphatic rings. The van der Waals surface area contributed by atoms with Gasteiger partial charge in [0.1, 0.15) is 0 Å². The van der Waals surface area contributed by atoms with Crippen LogP contribution in [0.15, 0.2) is 60.7 Å². The lowest BCUT2D eigenvalue weighted by molar-refractivity contribution is 0.206. The van der Waals surface area contributed by atoms with E-state index in [0.717, 1.165) is 10.6 Å². The molecular formula is C19H26NO2P. The summed E-state index contributed by atoms with van der Waals surface area (Å²) in [7, 11) is -3.10. The maximum Gasteiger partial charge on any atom is 0.261 e. The van der Waals surface area contributed by atoms with E-state index in [-0.39, 0.29) is 5.54 Å². The fourth-order valence-electron chi connectivity index (χ4n) is 2.62. The third-order valence-electron chi connectivity index (χ3n) is 3.48. The van der Waals surface area contributed by atoms with Gasteiger partial charge in [0.05, 0.1) is 6.61 Å². The highest BCUT2D eigenvalue weighted by Gasteiger charge is 2.31. The molecule has 0 bridgehead atoms. The van der Waals surface area contributed by atoms with Crippen molar-refractivity contribution in [3.05, 3.63) is 60.7 Å². The van der Waals surface area contributed by atoms with Crippen LogP contribution in [0.4, 0.5) is 0 Å². The Morgan fingerprint density at radius 2 is 1.39 bits per heavy atom. The lowest BCUT2D eigenvalue weighted by Crippen LogP contribution is -2.47. The molecule has 4 heteroatoms. The van der Waals surface area contributed by atoms with Crippen LogP contribution in [-0.4, -0.2) is 18.2 Å². The molecule has 0 amide bonds. The molecule has 0 atom stereocenters. The Labute approximate surface area is 139 Å². The Kier molecular flexibility index (Phi) is 5.80. The monoisotopic (exact) mass is 331 g/mol. The summed E-state index contributed by atoms with van der Waals surface area (Å²) in [6, 6.07) is 19.2. The van der Waals surface area contributed by atoms with Crippen molar-refractivity contribution in [3.8, 4) is 0 Å². The van der Waals surface area contributed by atoms with E-state index >= 15 is 0 Å². The number of benzene rings is 2. The molecule has 1 N–H and O–H groups in total. The molecule has 0 fully saturated rings. The van der Waals surface area contributed by atoms with E-state index in [0.29, 0.717) is 12.6 Å². The van der Waals surface area contributed by atoms with Gasteiger partial charge in [0.15, 0.2) is 0 Å². The standard InChI is InChI=1S/C19H26NO2P/c1-16(2)20-19(3,4)15-22-23(21,17-11-7-5-8-12-17)18-13-9-6-10-14-18/h5-14,16,20H,15H2,1-4H3. The van der Waals surface area contributed by atoms with Gasteiger partial charge in [-0.2, -0.15) is 0 Å². The minimum atomic E-state index is -3.10. The zero-order valence-corrected chi connectivity index (χ0v) is 15.2. The van der Waals surface area contributed by atoms with Crippen molar-refractivity contribution in [3.63, 3.8) is 0 Å². The minimum Gasteiger partial charge on any atom is -0.320 e. The molecule has 0 saturated carbocycles. The fourth-order valence-corrected chi connectivity index (χ4v) is 4.85. The van der Waals surface area contributed by atoms with Crippen molar-refractivity contribution in [2.24, 2.45) is 0 Å². The first-order valence-corrected chi connectivity index (χ1v) is 9.59.